The molecule has 1 amide bonds. The van der Waals surface area contributed by atoms with Crippen molar-refractivity contribution in [2.45, 2.75) is 58.0 Å². The Morgan fingerprint density at radius 3 is 2.50 bits per heavy atom. The van der Waals surface area contributed by atoms with Crippen molar-refractivity contribution in [3.63, 3.8) is 0 Å². The summed E-state index contributed by atoms with van der Waals surface area (Å²) in [7, 11) is 1.36. The highest BCUT2D eigenvalue weighted by molar-refractivity contribution is 5.90. The number of aliphatic imine (C=N–C) groups is 1. The van der Waals surface area contributed by atoms with Crippen molar-refractivity contribution in [3.05, 3.63) is 0 Å². The van der Waals surface area contributed by atoms with E-state index in [1.165, 1.54) is 7.11 Å². The summed E-state index contributed by atoms with van der Waals surface area (Å²) in [5.41, 5.74) is 0.0594. The minimum absolute atomic E-state index is 0.0594. The molecule has 1 aliphatic heterocycles. The van der Waals surface area contributed by atoms with Gasteiger partial charge in [0.2, 0.25) is 12.0 Å². The Balaban J connectivity index is 1.81. The number of isocyanates is 1. The third kappa shape index (κ3) is 2.67. The molecule has 3 rings (SSSR count). The predicted molar refractivity (Wildman–Crippen MR) is 86.8 cm³/mol. The summed E-state index contributed by atoms with van der Waals surface area (Å²) in [5, 5.41) is 0. The lowest BCUT2D eigenvalue weighted by atomic mass is 9.83. The molecule has 6 nitrogen and oxygen atoms in total. The first-order valence-corrected chi connectivity index (χ1v) is 8.88. The number of likely N-dealkylation sites (tertiary alicyclic amines) is 1. The third-order valence-electron chi connectivity index (χ3n) is 6.48. The Labute approximate surface area is 142 Å². The molecule has 0 aromatic carbocycles. The number of carbonyl (C=O) groups excluding carboxylic acids is 3. The van der Waals surface area contributed by atoms with E-state index < -0.39 is 12.1 Å². The van der Waals surface area contributed by atoms with Crippen molar-refractivity contribution < 1.29 is 19.1 Å². The highest BCUT2D eigenvalue weighted by atomic mass is 16.5. The normalized spacial score (nSPS) is 32.5. The van der Waals surface area contributed by atoms with Gasteiger partial charge >= 0.3 is 5.97 Å². The molecule has 1 heterocycles. The zero-order valence-electron chi connectivity index (χ0n) is 14.7. The molecule has 6 heteroatoms. The second kappa shape index (κ2) is 6.32. The van der Waals surface area contributed by atoms with Gasteiger partial charge in [0.1, 0.15) is 12.1 Å². The number of amides is 1. The lowest BCUT2D eigenvalue weighted by molar-refractivity contribution is -0.153. The summed E-state index contributed by atoms with van der Waals surface area (Å²) in [6, 6.07) is -1.24. The molecule has 0 bridgehead atoms. The van der Waals surface area contributed by atoms with Crippen LogP contribution in [0.1, 0.15) is 46.0 Å². The van der Waals surface area contributed by atoms with Crippen LogP contribution in [0.5, 0.6) is 0 Å². The van der Waals surface area contributed by atoms with Gasteiger partial charge in [-0.2, -0.15) is 4.99 Å². The molecule has 2 saturated carbocycles. The summed E-state index contributed by atoms with van der Waals surface area (Å²) in [5.74, 6) is -0.0302. The average molecular weight is 334 g/mol. The number of fused-ring (bicyclic) bond motifs is 1. The first-order valence-electron chi connectivity index (χ1n) is 8.88. The second-order valence-electron chi connectivity index (χ2n) is 7.98. The number of methoxy groups -OCH3 is 1. The van der Waals surface area contributed by atoms with Crippen molar-refractivity contribution >= 4 is 18.0 Å². The highest BCUT2D eigenvalue weighted by Gasteiger charge is 2.70. The lowest BCUT2D eigenvalue weighted by Gasteiger charge is -2.33. The molecule has 0 unspecified atom stereocenters. The fourth-order valence-corrected chi connectivity index (χ4v) is 4.94. The number of ether oxygens (including phenoxy) is 1. The van der Waals surface area contributed by atoms with E-state index in [0.29, 0.717) is 12.5 Å². The molecule has 0 N–H and O–H groups in total. The van der Waals surface area contributed by atoms with Crippen molar-refractivity contribution in [3.8, 4) is 0 Å². The van der Waals surface area contributed by atoms with Crippen LogP contribution < -0.4 is 0 Å². The highest BCUT2D eigenvalue weighted by Crippen LogP contribution is 2.65. The summed E-state index contributed by atoms with van der Waals surface area (Å²) >= 11 is 0. The van der Waals surface area contributed by atoms with Crippen LogP contribution >= 0.6 is 0 Å². The average Bonchev–Trinajstić information content (AvgIpc) is 2.95. The second-order valence-corrected chi connectivity index (χ2v) is 7.98. The molecule has 3 aliphatic rings. The number of piperidine rings is 1. The smallest absolute Gasteiger partial charge is 0.328 e. The zero-order chi connectivity index (χ0) is 17.5. The van der Waals surface area contributed by atoms with Gasteiger partial charge in [-0.3, -0.25) is 4.79 Å². The van der Waals surface area contributed by atoms with Gasteiger partial charge in [-0.05, 0) is 30.1 Å². The molecule has 2 aliphatic carbocycles. The Hall–Kier alpha value is -1.68. The monoisotopic (exact) mass is 334 g/mol. The van der Waals surface area contributed by atoms with E-state index in [9.17, 15) is 14.4 Å². The number of hydrogen-bond acceptors (Lipinski definition) is 5. The molecular formula is C18H26N2O4. The predicted octanol–water partition coefficient (Wildman–Crippen LogP) is 1.93. The Kier molecular flexibility index (Phi) is 4.52. The van der Waals surface area contributed by atoms with Crippen LogP contribution in [0.4, 0.5) is 0 Å². The molecule has 3 fully saturated rings. The number of hydrogen-bond donors (Lipinski definition) is 0. The summed E-state index contributed by atoms with van der Waals surface area (Å²) in [6.45, 7) is 4.80. The van der Waals surface area contributed by atoms with Crippen molar-refractivity contribution in [2.75, 3.05) is 13.7 Å². The molecule has 24 heavy (non-hydrogen) atoms. The Morgan fingerprint density at radius 2 is 1.92 bits per heavy atom. The van der Waals surface area contributed by atoms with Crippen LogP contribution in [-0.4, -0.2) is 48.6 Å². The van der Waals surface area contributed by atoms with E-state index in [-0.39, 0.29) is 29.1 Å². The SMILES string of the molecule is COC(=O)[C@@H]1[C@@H]2[C@H](CN1C(=O)[C@@H](N=C=O)C1CCCCC1)C2(C)C. The fraction of sp³-hybridized carbons (Fsp3) is 0.833. The van der Waals surface area contributed by atoms with Gasteiger partial charge in [0.15, 0.2) is 0 Å². The van der Waals surface area contributed by atoms with Gasteiger partial charge in [0.05, 0.1) is 7.11 Å². The summed E-state index contributed by atoms with van der Waals surface area (Å²) < 4.78 is 4.95. The first-order chi connectivity index (χ1) is 11.4. The van der Waals surface area contributed by atoms with Crippen LogP contribution in [0.25, 0.3) is 0 Å². The van der Waals surface area contributed by atoms with Crippen LogP contribution in [0.2, 0.25) is 0 Å². The minimum Gasteiger partial charge on any atom is -0.467 e. The van der Waals surface area contributed by atoms with E-state index in [1.54, 1.807) is 11.0 Å². The summed E-state index contributed by atoms with van der Waals surface area (Å²) in [6.07, 6.45) is 6.65. The molecule has 4 atom stereocenters. The van der Waals surface area contributed by atoms with Crippen LogP contribution in [-0.2, 0) is 19.1 Å². The maximum absolute atomic E-state index is 13.1. The maximum atomic E-state index is 13.1. The largest absolute Gasteiger partial charge is 0.467 e. The van der Waals surface area contributed by atoms with Crippen LogP contribution in [0.3, 0.4) is 0 Å². The molecule has 0 spiro atoms. The molecule has 0 aromatic heterocycles. The quantitative estimate of drug-likeness (QED) is 0.447. The first kappa shape index (κ1) is 17.2. The standard InChI is InChI=1S/C18H26N2O4/c1-18(2)12-9-20(15(13(12)18)17(23)24-3)16(22)14(19-10-21)11-7-5-4-6-8-11/h11-15H,4-9H2,1-3H3/t12-,13-,14-,15-/m0/s1. The fourth-order valence-electron chi connectivity index (χ4n) is 4.94. The molecule has 132 valence electrons. The third-order valence-corrected chi connectivity index (χ3v) is 6.48. The lowest BCUT2D eigenvalue weighted by Crippen LogP contribution is -2.50. The maximum Gasteiger partial charge on any atom is 0.328 e. The minimum atomic E-state index is -0.699. The Bertz CT molecular complexity index is 576. The molecular weight excluding hydrogens is 308 g/mol. The van der Waals surface area contributed by atoms with E-state index in [2.05, 4.69) is 18.8 Å². The van der Waals surface area contributed by atoms with Gasteiger partial charge < -0.3 is 9.64 Å². The topological polar surface area (TPSA) is 76.0 Å². The zero-order valence-corrected chi connectivity index (χ0v) is 14.7. The van der Waals surface area contributed by atoms with Crippen molar-refractivity contribution in [1.82, 2.24) is 4.90 Å². The van der Waals surface area contributed by atoms with Gasteiger partial charge in [0.25, 0.3) is 0 Å². The number of esters is 1. The number of carbonyl (C=O) groups is 2. The van der Waals surface area contributed by atoms with Crippen molar-refractivity contribution in [1.29, 1.82) is 0 Å². The van der Waals surface area contributed by atoms with Gasteiger partial charge in [0, 0.05) is 12.5 Å². The molecule has 0 radical (unpaired) electrons. The van der Waals surface area contributed by atoms with E-state index in [0.717, 1.165) is 32.1 Å². The van der Waals surface area contributed by atoms with Crippen LogP contribution in [0, 0.1) is 23.2 Å². The van der Waals surface area contributed by atoms with Crippen molar-refractivity contribution in [2.24, 2.45) is 28.2 Å². The summed E-state index contributed by atoms with van der Waals surface area (Å²) in [4.78, 5) is 41.7. The van der Waals surface area contributed by atoms with Crippen LogP contribution in [0.15, 0.2) is 4.99 Å². The van der Waals surface area contributed by atoms with Gasteiger partial charge in [-0.15, -0.1) is 0 Å². The molecule has 1 saturated heterocycles. The van der Waals surface area contributed by atoms with Gasteiger partial charge in [-0.25, -0.2) is 9.59 Å². The van der Waals surface area contributed by atoms with Gasteiger partial charge in [-0.1, -0.05) is 33.1 Å². The number of rotatable bonds is 4. The Morgan fingerprint density at radius 1 is 1.25 bits per heavy atom. The number of nitrogens with zero attached hydrogens (tertiary/aromatic N) is 2. The molecule has 0 aromatic rings. The van der Waals surface area contributed by atoms with E-state index in [4.69, 9.17) is 4.74 Å². The van der Waals surface area contributed by atoms with E-state index in [1.807, 2.05) is 0 Å². The van der Waals surface area contributed by atoms with E-state index >= 15 is 0 Å².